The quantitative estimate of drug-likeness (QED) is 0.745. The molecule has 0 unspecified atom stereocenters. The van der Waals surface area contributed by atoms with Gasteiger partial charge in [0.15, 0.2) is 17.2 Å². The second kappa shape index (κ2) is 6.58. The molecule has 0 atom stereocenters. The third-order valence-corrected chi connectivity index (χ3v) is 4.64. The summed E-state index contributed by atoms with van der Waals surface area (Å²) in [5.74, 6) is 0.541. The lowest BCUT2D eigenvalue weighted by Gasteiger charge is -2.17. The molecule has 3 heterocycles. The standard InChI is InChI=1S/C18H22N6O/c1-19-14-10-16-22-13-7-4-6-12(9-13)5-2-3-8-20-18(25)15-11-21-17(14)24(15)23-16/h7,9-11,19H,2-6,8H2,1H3,(H,20,25)(H,22,23). The van der Waals surface area contributed by atoms with E-state index in [0.717, 1.165) is 43.5 Å². The van der Waals surface area contributed by atoms with Crippen LogP contribution >= 0.6 is 0 Å². The van der Waals surface area contributed by atoms with Crippen LogP contribution in [0.2, 0.25) is 0 Å². The van der Waals surface area contributed by atoms with Crippen molar-refractivity contribution in [2.45, 2.75) is 32.1 Å². The minimum atomic E-state index is -0.144. The fraction of sp³-hybridized carbons (Fsp3) is 0.389. The third kappa shape index (κ3) is 3.09. The Morgan fingerprint density at radius 3 is 3.08 bits per heavy atom. The maximum atomic E-state index is 12.5. The zero-order chi connectivity index (χ0) is 17.2. The molecule has 1 aliphatic carbocycles. The van der Waals surface area contributed by atoms with Gasteiger partial charge in [0, 0.05) is 25.4 Å². The molecule has 7 heteroatoms. The van der Waals surface area contributed by atoms with Gasteiger partial charge in [-0.2, -0.15) is 0 Å². The summed E-state index contributed by atoms with van der Waals surface area (Å²) >= 11 is 0. The lowest BCUT2D eigenvalue weighted by atomic mass is 9.98. The van der Waals surface area contributed by atoms with Crippen molar-refractivity contribution < 1.29 is 4.79 Å². The van der Waals surface area contributed by atoms with E-state index in [2.05, 4.69) is 38.2 Å². The average Bonchev–Trinajstić information content (AvgIpc) is 3.04. The van der Waals surface area contributed by atoms with Crippen molar-refractivity contribution >= 4 is 23.1 Å². The van der Waals surface area contributed by atoms with Crippen molar-refractivity contribution in [1.82, 2.24) is 19.9 Å². The summed E-state index contributed by atoms with van der Waals surface area (Å²) in [6.07, 6.45) is 11.3. The summed E-state index contributed by atoms with van der Waals surface area (Å²) in [6, 6.07) is 1.92. The highest BCUT2D eigenvalue weighted by atomic mass is 16.2. The number of aromatic nitrogens is 3. The van der Waals surface area contributed by atoms with Crippen LogP contribution in [0.4, 0.5) is 11.5 Å². The van der Waals surface area contributed by atoms with Gasteiger partial charge in [0.2, 0.25) is 0 Å². The van der Waals surface area contributed by atoms with Gasteiger partial charge in [-0.1, -0.05) is 11.6 Å². The Morgan fingerprint density at radius 1 is 1.28 bits per heavy atom. The minimum absolute atomic E-state index is 0.144. The van der Waals surface area contributed by atoms with E-state index in [-0.39, 0.29) is 5.91 Å². The number of rotatable bonds is 1. The van der Waals surface area contributed by atoms with Crippen LogP contribution in [-0.4, -0.2) is 34.1 Å². The van der Waals surface area contributed by atoms with E-state index in [1.165, 1.54) is 5.57 Å². The van der Waals surface area contributed by atoms with Crippen LogP contribution in [0.1, 0.15) is 42.6 Å². The molecule has 0 radical (unpaired) electrons. The maximum absolute atomic E-state index is 12.5. The molecule has 0 fully saturated rings. The van der Waals surface area contributed by atoms with Crippen molar-refractivity contribution in [1.29, 1.82) is 0 Å². The molecule has 0 spiro atoms. The first kappa shape index (κ1) is 15.7. The maximum Gasteiger partial charge on any atom is 0.271 e. The van der Waals surface area contributed by atoms with Crippen molar-refractivity contribution in [3.63, 3.8) is 0 Å². The molecular weight excluding hydrogens is 316 g/mol. The SMILES string of the molecule is CNc1cc2nn3c(cnc13)C(=O)NCCCCC1=CC(=CCC1)N2. The zero-order valence-electron chi connectivity index (χ0n) is 14.3. The Labute approximate surface area is 146 Å². The number of carbonyl (C=O) groups excluding carboxylic acids is 1. The Bertz CT molecular complexity index is 879. The Kier molecular flexibility index (Phi) is 4.13. The molecule has 1 amide bonds. The van der Waals surface area contributed by atoms with Crippen molar-refractivity contribution in [2.24, 2.45) is 0 Å². The molecule has 7 nitrogen and oxygen atoms in total. The molecule has 4 bridgehead atoms. The first-order valence-electron chi connectivity index (χ1n) is 8.76. The van der Waals surface area contributed by atoms with E-state index in [4.69, 9.17) is 0 Å². The molecule has 0 saturated carbocycles. The lowest BCUT2D eigenvalue weighted by Crippen LogP contribution is -2.26. The van der Waals surface area contributed by atoms with Crippen molar-refractivity contribution in [2.75, 3.05) is 24.2 Å². The number of hydrogen-bond acceptors (Lipinski definition) is 5. The van der Waals surface area contributed by atoms with Crippen LogP contribution in [0.25, 0.3) is 5.65 Å². The Balaban J connectivity index is 1.81. The molecule has 0 aromatic carbocycles. The molecule has 0 saturated heterocycles. The van der Waals surface area contributed by atoms with Crippen LogP contribution in [0.5, 0.6) is 0 Å². The van der Waals surface area contributed by atoms with E-state index in [1.807, 2.05) is 13.1 Å². The molecule has 4 rings (SSSR count). The summed E-state index contributed by atoms with van der Waals surface area (Å²) in [5, 5.41) is 14.1. The predicted molar refractivity (Wildman–Crippen MR) is 97.7 cm³/mol. The van der Waals surface area contributed by atoms with Crippen molar-refractivity contribution in [3.05, 3.63) is 41.4 Å². The number of hydrogen-bond donors (Lipinski definition) is 3. The topological polar surface area (TPSA) is 83.3 Å². The van der Waals surface area contributed by atoms with Crippen LogP contribution in [0.15, 0.2) is 35.7 Å². The second-order valence-corrected chi connectivity index (χ2v) is 6.41. The normalized spacial score (nSPS) is 18.0. The van der Waals surface area contributed by atoms with Crippen molar-refractivity contribution in [3.8, 4) is 0 Å². The Hall–Kier alpha value is -2.83. The van der Waals surface area contributed by atoms with Gasteiger partial charge in [-0.05, 0) is 38.2 Å². The van der Waals surface area contributed by atoms with Gasteiger partial charge in [0.25, 0.3) is 5.91 Å². The van der Waals surface area contributed by atoms with E-state index in [1.54, 1.807) is 10.7 Å². The number of imidazole rings is 1. The molecule has 25 heavy (non-hydrogen) atoms. The fourth-order valence-corrected chi connectivity index (χ4v) is 3.33. The summed E-state index contributed by atoms with van der Waals surface area (Å²) in [5.41, 5.74) is 4.43. The van der Waals surface area contributed by atoms with Gasteiger partial charge in [-0.25, -0.2) is 9.50 Å². The van der Waals surface area contributed by atoms with Gasteiger partial charge >= 0.3 is 0 Å². The molecule has 2 aromatic heterocycles. The summed E-state index contributed by atoms with van der Waals surface area (Å²) < 4.78 is 1.60. The van der Waals surface area contributed by atoms with Crippen LogP contribution in [0, 0.1) is 0 Å². The molecular formula is C18H22N6O. The predicted octanol–water partition coefficient (Wildman–Crippen LogP) is 2.70. The number of amides is 1. The number of fused-ring (bicyclic) bond motifs is 2. The largest absolute Gasteiger partial charge is 0.385 e. The number of nitrogens with zero attached hydrogens (tertiary/aromatic N) is 3. The molecule has 1 aliphatic heterocycles. The van der Waals surface area contributed by atoms with Crippen LogP contribution in [0.3, 0.4) is 0 Å². The zero-order valence-corrected chi connectivity index (χ0v) is 14.3. The average molecular weight is 338 g/mol. The van der Waals surface area contributed by atoms with Gasteiger partial charge in [-0.3, -0.25) is 4.79 Å². The van der Waals surface area contributed by atoms with E-state index in [0.29, 0.717) is 23.7 Å². The highest BCUT2D eigenvalue weighted by Gasteiger charge is 2.17. The number of carbonyl (C=O) groups is 1. The fourth-order valence-electron chi connectivity index (χ4n) is 3.33. The first-order valence-corrected chi connectivity index (χ1v) is 8.76. The molecule has 2 aliphatic rings. The van der Waals surface area contributed by atoms with Gasteiger partial charge in [0.05, 0.1) is 11.9 Å². The van der Waals surface area contributed by atoms with Gasteiger partial charge < -0.3 is 16.0 Å². The second-order valence-electron chi connectivity index (χ2n) is 6.41. The first-order chi connectivity index (χ1) is 12.2. The summed E-state index contributed by atoms with van der Waals surface area (Å²) in [4.78, 5) is 16.8. The third-order valence-electron chi connectivity index (χ3n) is 4.64. The van der Waals surface area contributed by atoms with Crippen LogP contribution in [-0.2, 0) is 0 Å². The highest BCUT2D eigenvalue weighted by Crippen LogP contribution is 2.25. The van der Waals surface area contributed by atoms with Crippen LogP contribution < -0.4 is 16.0 Å². The number of anilines is 2. The monoisotopic (exact) mass is 338 g/mol. The lowest BCUT2D eigenvalue weighted by molar-refractivity contribution is 0.0946. The summed E-state index contributed by atoms with van der Waals surface area (Å²) in [6.45, 7) is 0.666. The van der Waals surface area contributed by atoms with Gasteiger partial charge in [-0.15, -0.1) is 5.10 Å². The smallest absolute Gasteiger partial charge is 0.271 e. The molecule has 130 valence electrons. The summed E-state index contributed by atoms with van der Waals surface area (Å²) in [7, 11) is 1.84. The van der Waals surface area contributed by atoms with Gasteiger partial charge in [0.1, 0.15) is 0 Å². The minimum Gasteiger partial charge on any atom is -0.385 e. The molecule has 3 N–H and O–H groups in total. The van der Waals surface area contributed by atoms with E-state index >= 15 is 0 Å². The number of nitrogens with one attached hydrogen (secondary N) is 3. The van der Waals surface area contributed by atoms with E-state index < -0.39 is 0 Å². The highest BCUT2D eigenvalue weighted by molar-refractivity contribution is 5.93. The molecule has 2 aromatic rings. The van der Waals surface area contributed by atoms with E-state index in [9.17, 15) is 4.79 Å². The number of allylic oxidation sites excluding steroid dienone is 3. The Morgan fingerprint density at radius 2 is 2.20 bits per heavy atom.